The lowest BCUT2D eigenvalue weighted by atomic mass is 9.76. The molecule has 0 aliphatic carbocycles. The van der Waals surface area contributed by atoms with E-state index in [1.165, 1.54) is 11.1 Å². The molecule has 5 nitrogen and oxygen atoms in total. The maximum atomic E-state index is 13.5. The van der Waals surface area contributed by atoms with Gasteiger partial charge in [0, 0.05) is 58.5 Å². The largest absolute Gasteiger partial charge is 0.456 e. The van der Waals surface area contributed by atoms with E-state index in [9.17, 15) is 4.79 Å². The molecule has 3 heterocycles. The van der Waals surface area contributed by atoms with Crippen LogP contribution in [0.4, 0.5) is 17.1 Å². The molecule has 0 amide bonds. The fraction of sp³-hybridized carbons (Fsp3) is 0.270. The molecule has 7 rings (SSSR count). The molecule has 4 aromatic carbocycles. The fourth-order valence-corrected chi connectivity index (χ4v) is 7.21. The van der Waals surface area contributed by atoms with Crippen molar-refractivity contribution in [2.24, 2.45) is 0 Å². The molecule has 1 spiro atoms. The van der Waals surface area contributed by atoms with Gasteiger partial charge >= 0.3 is 5.97 Å². The van der Waals surface area contributed by atoms with E-state index in [1.54, 1.807) is 0 Å². The van der Waals surface area contributed by atoms with E-state index >= 15 is 0 Å². The Balaban J connectivity index is 1.47. The van der Waals surface area contributed by atoms with Crippen molar-refractivity contribution in [3.8, 4) is 11.5 Å². The molecule has 4 aromatic rings. The van der Waals surface area contributed by atoms with Crippen LogP contribution in [0.1, 0.15) is 72.8 Å². The van der Waals surface area contributed by atoms with E-state index in [1.807, 2.05) is 24.3 Å². The minimum atomic E-state index is -1.11. The number of benzene rings is 4. The zero-order chi connectivity index (χ0) is 29.4. The third kappa shape index (κ3) is 3.65. The van der Waals surface area contributed by atoms with Crippen molar-refractivity contribution in [3.05, 3.63) is 118 Å². The minimum absolute atomic E-state index is 0.153. The smallest absolute Gasteiger partial charge is 0.340 e. The second kappa shape index (κ2) is 9.25. The highest BCUT2D eigenvalue weighted by Gasteiger charge is 2.54. The Hall–Kier alpha value is -4.51. The molecule has 0 N–H and O–H groups in total. The molecule has 0 saturated carbocycles. The van der Waals surface area contributed by atoms with Gasteiger partial charge in [-0.2, -0.15) is 0 Å². The summed E-state index contributed by atoms with van der Waals surface area (Å²) in [6.45, 7) is 14.7. The van der Waals surface area contributed by atoms with Crippen LogP contribution < -0.4 is 14.5 Å². The highest BCUT2D eigenvalue weighted by atomic mass is 16.6. The highest BCUT2D eigenvalue weighted by Crippen LogP contribution is 2.58. The lowest BCUT2D eigenvalue weighted by Crippen LogP contribution is -2.45. The van der Waals surface area contributed by atoms with Gasteiger partial charge in [0.05, 0.1) is 11.1 Å². The number of aryl methyl sites for hydroxylation is 1. The number of hydrogen-bond acceptors (Lipinski definition) is 5. The first-order valence-corrected chi connectivity index (χ1v) is 14.8. The number of allylic oxidation sites excluding steroid dienone is 1. The molecule has 0 aromatic heterocycles. The summed E-state index contributed by atoms with van der Waals surface area (Å²) in [6, 6.07) is 26.9. The minimum Gasteiger partial charge on any atom is -0.456 e. The summed E-state index contributed by atoms with van der Waals surface area (Å²) in [5.74, 6) is 1.09. The average Bonchev–Trinajstić information content (AvgIpc) is 3.26. The van der Waals surface area contributed by atoms with Gasteiger partial charge in [0.25, 0.3) is 0 Å². The number of anilines is 3. The fourth-order valence-electron chi connectivity index (χ4n) is 7.21. The number of likely N-dealkylation sites (N-methyl/N-ethyl adjacent to an activating group) is 1. The second-order valence-corrected chi connectivity index (χ2v) is 12.1. The van der Waals surface area contributed by atoms with Crippen LogP contribution in [-0.4, -0.2) is 24.6 Å². The second-order valence-electron chi connectivity index (χ2n) is 12.1. The molecule has 212 valence electrons. The molecule has 3 aliphatic heterocycles. The standard InChI is InChI=1S/C37H36N2O3/c1-7-38(25-15-13-23(3)14-16-25)26-17-18-30-33(19-26)41-34-20-28-24(4)22-36(5,6)39(8-2)32(28)21-31(34)37(30)29-12-10-9-11-27(29)35(40)42-37/h9-22H,7-8H2,1-6H3. The van der Waals surface area contributed by atoms with E-state index in [-0.39, 0.29) is 11.5 Å². The van der Waals surface area contributed by atoms with Gasteiger partial charge in [0.1, 0.15) is 11.5 Å². The maximum Gasteiger partial charge on any atom is 0.340 e. The van der Waals surface area contributed by atoms with Crippen LogP contribution in [0, 0.1) is 6.92 Å². The molecular weight excluding hydrogens is 520 g/mol. The molecule has 1 atom stereocenters. The first-order chi connectivity index (χ1) is 20.2. The summed E-state index contributed by atoms with van der Waals surface area (Å²) < 4.78 is 13.3. The van der Waals surface area contributed by atoms with Crippen molar-refractivity contribution in [1.82, 2.24) is 0 Å². The van der Waals surface area contributed by atoms with Crippen molar-refractivity contribution in [3.63, 3.8) is 0 Å². The van der Waals surface area contributed by atoms with Crippen LogP contribution in [0.2, 0.25) is 0 Å². The Morgan fingerprint density at radius 3 is 2.24 bits per heavy atom. The number of esters is 1. The van der Waals surface area contributed by atoms with Crippen molar-refractivity contribution < 1.29 is 14.3 Å². The van der Waals surface area contributed by atoms with Gasteiger partial charge in [-0.25, -0.2) is 4.79 Å². The third-order valence-corrected chi connectivity index (χ3v) is 9.08. The van der Waals surface area contributed by atoms with E-state index in [0.29, 0.717) is 17.1 Å². The van der Waals surface area contributed by atoms with Crippen molar-refractivity contribution >= 4 is 28.6 Å². The zero-order valence-corrected chi connectivity index (χ0v) is 25.1. The number of hydrogen-bond donors (Lipinski definition) is 0. The number of carbonyl (C=O) groups excluding carboxylic acids is 1. The van der Waals surface area contributed by atoms with E-state index < -0.39 is 5.60 Å². The molecule has 5 heteroatoms. The molecule has 1 unspecified atom stereocenters. The van der Waals surface area contributed by atoms with Crippen molar-refractivity contribution in [2.45, 2.75) is 52.7 Å². The van der Waals surface area contributed by atoms with Crippen molar-refractivity contribution in [2.75, 3.05) is 22.9 Å². The predicted molar refractivity (Wildman–Crippen MR) is 169 cm³/mol. The summed E-state index contributed by atoms with van der Waals surface area (Å²) in [6.07, 6.45) is 2.32. The number of rotatable bonds is 4. The SMILES string of the molecule is CCN(c1ccc(C)cc1)c1ccc2c(c1)Oc1cc3c(cc1C21OC(=O)c2ccccc21)N(CC)C(C)(C)C=C3C. The molecule has 0 bridgehead atoms. The summed E-state index contributed by atoms with van der Waals surface area (Å²) >= 11 is 0. The van der Waals surface area contributed by atoms with Gasteiger partial charge in [-0.1, -0.05) is 42.0 Å². The Morgan fingerprint density at radius 1 is 0.786 bits per heavy atom. The Morgan fingerprint density at radius 2 is 1.50 bits per heavy atom. The molecule has 0 radical (unpaired) electrons. The summed E-state index contributed by atoms with van der Waals surface area (Å²) in [5, 5.41) is 0. The number of ether oxygens (including phenoxy) is 2. The van der Waals surface area contributed by atoms with Gasteiger partial charge in [-0.15, -0.1) is 0 Å². The van der Waals surface area contributed by atoms with Gasteiger partial charge in [-0.05, 0) is 89.6 Å². The Bertz CT molecular complexity index is 1790. The molecule has 0 fully saturated rings. The van der Waals surface area contributed by atoms with Crippen LogP contribution in [0.15, 0.2) is 84.9 Å². The number of carbonyl (C=O) groups is 1. The van der Waals surface area contributed by atoms with Gasteiger partial charge in [0.15, 0.2) is 5.60 Å². The van der Waals surface area contributed by atoms with E-state index in [2.05, 4.69) is 112 Å². The lowest BCUT2D eigenvalue weighted by Gasteiger charge is -2.44. The quantitative estimate of drug-likeness (QED) is 0.235. The first kappa shape index (κ1) is 26.4. The Kier molecular flexibility index (Phi) is 5.81. The molecule has 42 heavy (non-hydrogen) atoms. The summed E-state index contributed by atoms with van der Waals surface area (Å²) in [7, 11) is 0. The summed E-state index contributed by atoms with van der Waals surface area (Å²) in [5.41, 5.74) is 8.70. The topological polar surface area (TPSA) is 42.0 Å². The van der Waals surface area contributed by atoms with Gasteiger partial charge in [-0.3, -0.25) is 0 Å². The normalized spacial score (nSPS) is 19.2. The average molecular weight is 557 g/mol. The molecule has 0 saturated heterocycles. The first-order valence-electron chi connectivity index (χ1n) is 14.8. The van der Waals surface area contributed by atoms with Crippen LogP contribution >= 0.6 is 0 Å². The number of nitrogens with zero attached hydrogens (tertiary/aromatic N) is 2. The zero-order valence-electron chi connectivity index (χ0n) is 25.1. The Labute approximate surface area is 248 Å². The molecular formula is C37H36N2O3. The molecule has 3 aliphatic rings. The van der Waals surface area contributed by atoms with Crippen LogP contribution in [-0.2, 0) is 10.3 Å². The van der Waals surface area contributed by atoms with Crippen LogP contribution in [0.5, 0.6) is 11.5 Å². The lowest BCUT2D eigenvalue weighted by molar-refractivity contribution is 0.0224. The van der Waals surface area contributed by atoms with Crippen molar-refractivity contribution in [1.29, 1.82) is 0 Å². The van der Waals surface area contributed by atoms with E-state index in [4.69, 9.17) is 9.47 Å². The predicted octanol–water partition coefficient (Wildman–Crippen LogP) is 8.74. The third-order valence-electron chi connectivity index (χ3n) is 9.08. The highest BCUT2D eigenvalue weighted by molar-refractivity contribution is 5.97. The van der Waals surface area contributed by atoms with E-state index in [0.717, 1.165) is 52.4 Å². The van der Waals surface area contributed by atoms with Gasteiger partial charge < -0.3 is 19.3 Å². The monoisotopic (exact) mass is 556 g/mol. The maximum absolute atomic E-state index is 13.5. The van der Waals surface area contributed by atoms with Crippen LogP contribution in [0.25, 0.3) is 5.57 Å². The number of fused-ring (bicyclic) bond motifs is 7. The van der Waals surface area contributed by atoms with Gasteiger partial charge in [0.2, 0.25) is 0 Å². The summed E-state index contributed by atoms with van der Waals surface area (Å²) in [4.78, 5) is 18.1. The van der Waals surface area contributed by atoms with Crippen LogP contribution in [0.3, 0.4) is 0 Å².